The van der Waals surface area contributed by atoms with Crippen LogP contribution in [0.15, 0.2) is 36.4 Å². The Bertz CT molecular complexity index is 628. The molecule has 0 unspecified atom stereocenters. The number of hydrogen-bond donors (Lipinski definition) is 1. The Hall–Kier alpha value is -2.27. The van der Waals surface area contributed by atoms with Gasteiger partial charge in [0.1, 0.15) is 16.7 Å². The molecule has 2 rings (SSSR count). The van der Waals surface area contributed by atoms with Gasteiger partial charge in [0, 0.05) is 6.07 Å². The quantitative estimate of drug-likeness (QED) is 0.816. The third-order valence-electron chi connectivity index (χ3n) is 2.54. The Morgan fingerprint density at radius 3 is 2.52 bits per heavy atom. The Balaban J connectivity index is 2.12. The number of aromatic nitrogens is 1. The number of aromatic carboxylic acids is 1. The molecular weight excluding hydrogens is 294 g/mol. The zero-order chi connectivity index (χ0) is 15.2. The second kappa shape index (κ2) is 6.95. The van der Waals surface area contributed by atoms with E-state index < -0.39 is 5.97 Å². The molecule has 0 atom stereocenters. The molecule has 0 aliphatic carbocycles. The van der Waals surface area contributed by atoms with Crippen molar-refractivity contribution in [3.05, 3.63) is 47.1 Å². The van der Waals surface area contributed by atoms with Crippen molar-refractivity contribution < 1.29 is 19.4 Å². The highest BCUT2D eigenvalue weighted by molar-refractivity contribution is 6.29. The number of carboxylic acids is 1. The van der Waals surface area contributed by atoms with Crippen molar-refractivity contribution in [3.8, 4) is 17.4 Å². The van der Waals surface area contributed by atoms with Crippen LogP contribution in [0.2, 0.25) is 5.15 Å². The maximum Gasteiger partial charge on any atom is 0.335 e. The van der Waals surface area contributed by atoms with E-state index in [4.69, 9.17) is 26.2 Å². The highest BCUT2D eigenvalue weighted by Crippen LogP contribution is 2.25. The van der Waals surface area contributed by atoms with E-state index >= 15 is 0 Å². The standard InChI is InChI=1S/C15H14ClNO4/c1-2-7-20-11-3-5-12(6-4-11)21-14-9-10(15(18)19)8-13(16)17-14/h3-6,8-9H,2,7H2,1H3,(H,18,19). The van der Waals surface area contributed by atoms with Crippen LogP contribution in [-0.4, -0.2) is 22.7 Å². The summed E-state index contributed by atoms with van der Waals surface area (Å²) in [4.78, 5) is 14.9. The van der Waals surface area contributed by atoms with Crippen LogP contribution < -0.4 is 9.47 Å². The molecule has 21 heavy (non-hydrogen) atoms. The van der Waals surface area contributed by atoms with Gasteiger partial charge in [-0.25, -0.2) is 9.78 Å². The van der Waals surface area contributed by atoms with Crippen molar-refractivity contribution in [3.63, 3.8) is 0 Å². The number of benzene rings is 1. The first kappa shape index (κ1) is 15.1. The van der Waals surface area contributed by atoms with Crippen LogP contribution in [-0.2, 0) is 0 Å². The molecule has 1 heterocycles. The Morgan fingerprint density at radius 1 is 1.24 bits per heavy atom. The van der Waals surface area contributed by atoms with Gasteiger partial charge in [0.25, 0.3) is 0 Å². The fourth-order valence-corrected chi connectivity index (χ4v) is 1.79. The van der Waals surface area contributed by atoms with E-state index in [0.717, 1.165) is 12.2 Å². The lowest BCUT2D eigenvalue weighted by molar-refractivity contribution is 0.0696. The summed E-state index contributed by atoms with van der Waals surface area (Å²) >= 11 is 5.77. The normalized spacial score (nSPS) is 10.2. The summed E-state index contributed by atoms with van der Waals surface area (Å²) in [5.74, 6) is 0.300. The number of carbonyl (C=O) groups is 1. The SMILES string of the molecule is CCCOc1ccc(Oc2cc(C(=O)O)cc(Cl)n2)cc1. The lowest BCUT2D eigenvalue weighted by Crippen LogP contribution is -1.99. The molecule has 0 aliphatic rings. The summed E-state index contributed by atoms with van der Waals surface area (Å²) in [5, 5.41) is 9.02. The molecule has 1 aromatic heterocycles. The summed E-state index contributed by atoms with van der Waals surface area (Å²) in [6, 6.07) is 9.55. The fourth-order valence-electron chi connectivity index (χ4n) is 1.59. The van der Waals surface area contributed by atoms with Crippen LogP contribution in [0.5, 0.6) is 17.4 Å². The first-order valence-electron chi connectivity index (χ1n) is 6.40. The van der Waals surface area contributed by atoms with Gasteiger partial charge in [-0.15, -0.1) is 0 Å². The maximum absolute atomic E-state index is 10.9. The van der Waals surface area contributed by atoms with E-state index in [0.29, 0.717) is 12.4 Å². The van der Waals surface area contributed by atoms with Crippen molar-refractivity contribution in [1.29, 1.82) is 0 Å². The molecule has 2 aromatic rings. The van der Waals surface area contributed by atoms with Crippen LogP contribution >= 0.6 is 11.6 Å². The predicted molar refractivity (Wildman–Crippen MR) is 78.5 cm³/mol. The Morgan fingerprint density at radius 2 is 1.90 bits per heavy atom. The van der Waals surface area contributed by atoms with Gasteiger partial charge in [-0.3, -0.25) is 0 Å². The van der Waals surface area contributed by atoms with Gasteiger partial charge in [0.2, 0.25) is 5.88 Å². The van der Waals surface area contributed by atoms with E-state index in [-0.39, 0.29) is 16.6 Å². The van der Waals surface area contributed by atoms with E-state index in [1.807, 2.05) is 6.92 Å². The van der Waals surface area contributed by atoms with Gasteiger partial charge < -0.3 is 14.6 Å². The largest absolute Gasteiger partial charge is 0.494 e. The van der Waals surface area contributed by atoms with Gasteiger partial charge in [-0.1, -0.05) is 18.5 Å². The van der Waals surface area contributed by atoms with Gasteiger partial charge in [-0.05, 0) is 36.8 Å². The topological polar surface area (TPSA) is 68.7 Å². The second-order valence-corrected chi connectivity index (χ2v) is 4.63. The predicted octanol–water partition coefficient (Wildman–Crippen LogP) is 4.01. The Kier molecular flexibility index (Phi) is 5.00. The number of pyridine rings is 1. The van der Waals surface area contributed by atoms with E-state index in [2.05, 4.69) is 4.98 Å². The minimum absolute atomic E-state index is 0.0212. The van der Waals surface area contributed by atoms with E-state index in [1.165, 1.54) is 12.1 Å². The second-order valence-electron chi connectivity index (χ2n) is 4.24. The molecule has 1 N–H and O–H groups in total. The lowest BCUT2D eigenvalue weighted by atomic mass is 10.3. The minimum atomic E-state index is -1.09. The molecule has 0 fully saturated rings. The molecule has 0 saturated carbocycles. The molecule has 6 heteroatoms. The number of nitrogens with zero attached hydrogens (tertiary/aromatic N) is 1. The first-order chi connectivity index (χ1) is 10.1. The van der Waals surface area contributed by atoms with Crippen LogP contribution in [0.25, 0.3) is 0 Å². The maximum atomic E-state index is 10.9. The number of carboxylic acid groups (broad SMARTS) is 1. The van der Waals surface area contributed by atoms with Crippen LogP contribution in [0.3, 0.4) is 0 Å². The molecule has 0 saturated heterocycles. The lowest BCUT2D eigenvalue weighted by Gasteiger charge is -2.08. The molecular formula is C15H14ClNO4. The third kappa shape index (κ3) is 4.36. The summed E-state index contributed by atoms with van der Waals surface area (Å²) in [6.45, 7) is 2.68. The molecule has 0 radical (unpaired) electrons. The van der Waals surface area contributed by atoms with Crippen molar-refractivity contribution in [2.24, 2.45) is 0 Å². The van der Waals surface area contributed by atoms with Crippen molar-refractivity contribution in [2.75, 3.05) is 6.61 Å². The highest BCUT2D eigenvalue weighted by Gasteiger charge is 2.09. The summed E-state index contributed by atoms with van der Waals surface area (Å²) in [5.41, 5.74) is 0.0212. The highest BCUT2D eigenvalue weighted by atomic mass is 35.5. The summed E-state index contributed by atoms with van der Waals surface area (Å²) < 4.78 is 11.0. The molecule has 5 nitrogen and oxygen atoms in total. The number of hydrogen-bond acceptors (Lipinski definition) is 4. The molecule has 0 bridgehead atoms. The smallest absolute Gasteiger partial charge is 0.335 e. The number of ether oxygens (including phenoxy) is 2. The van der Waals surface area contributed by atoms with E-state index in [9.17, 15) is 4.79 Å². The number of halogens is 1. The van der Waals surface area contributed by atoms with Gasteiger partial charge >= 0.3 is 5.97 Å². The van der Waals surface area contributed by atoms with Gasteiger partial charge in [0.15, 0.2) is 0 Å². The van der Waals surface area contributed by atoms with Crippen LogP contribution in [0.4, 0.5) is 0 Å². The van der Waals surface area contributed by atoms with Gasteiger partial charge in [-0.2, -0.15) is 0 Å². The molecule has 0 amide bonds. The zero-order valence-electron chi connectivity index (χ0n) is 11.4. The monoisotopic (exact) mass is 307 g/mol. The summed E-state index contributed by atoms with van der Waals surface area (Å²) in [7, 11) is 0. The third-order valence-corrected chi connectivity index (χ3v) is 2.73. The van der Waals surface area contributed by atoms with Crippen molar-refractivity contribution >= 4 is 17.6 Å². The minimum Gasteiger partial charge on any atom is -0.494 e. The Labute approximate surface area is 127 Å². The first-order valence-corrected chi connectivity index (χ1v) is 6.78. The summed E-state index contributed by atoms with van der Waals surface area (Å²) in [6.07, 6.45) is 0.933. The molecule has 110 valence electrons. The molecule has 1 aromatic carbocycles. The molecule has 0 spiro atoms. The average molecular weight is 308 g/mol. The number of rotatable bonds is 6. The van der Waals surface area contributed by atoms with Crippen LogP contribution in [0, 0.1) is 0 Å². The van der Waals surface area contributed by atoms with Crippen molar-refractivity contribution in [1.82, 2.24) is 4.98 Å². The van der Waals surface area contributed by atoms with Crippen molar-refractivity contribution in [2.45, 2.75) is 13.3 Å². The van der Waals surface area contributed by atoms with E-state index in [1.54, 1.807) is 24.3 Å². The van der Waals surface area contributed by atoms with Crippen LogP contribution in [0.1, 0.15) is 23.7 Å². The fraction of sp³-hybridized carbons (Fsp3) is 0.200. The molecule has 0 aliphatic heterocycles. The average Bonchev–Trinajstić information content (AvgIpc) is 2.46. The van der Waals surface area contributed by atoms with Gasteiger partial charge in [0.05, 0.1) is 12.2 Å². The zero-order valence-corrected chi connectivity index (χ0v) is 12.1.